The van der Waals surface area contributed by atoms with Crippen LogP contribution in [0.3, 0.4) is 0 Å². The molecular weight excluding hydrogens is 338 g/mol. The van der Waals surface area contributed by atoms with Crippen LogP contribution in [0.1, 0.15) is 49.7 Å². The number of aryl methyl sites for hydroxylation is 1. The number of nitrogens with zero attached hydrogens (tertiary/aromatic N) is 3. The Morgan fingerprint density at radius 3 is 2.59 bits per heavy atom. The zero-order valence-electron chi connectivity index (χ0n) is 16.0. The fourth-order valence-electron chi connectivity index (χ4n) is 4.70. The van der Waals surface area contributed by atoms with E-state index >= 15 is 0 Å². The van der Waals surface area contributed by atoms with Crippen LogP contribution in [0.4, 0.5) is 5.82 Å². The Bertz CT molecular complexity index is 795. The normalized spacial score (nSPS) is 25.0. The molecule has 4 rings (SSSR count). The number of nitrogens with one attached hydrogen (secondary N) is 2. The zero-order chi connectivity index (χ0) is 19.0. The highest BCUT2D eigenvalue weighted by molar-refractivity contribution is 6.12. The lowest BCUT2D eigenvalue weighted by atomic mass is 9.77. The second-order valence-electron chi connectivity index (χ2n) is 8.17. The van der Waals surface area contributed by atoms with Gasteiger partial charge in [0.15, 0.2) is 0 Å². The van der Waals surface area contributed by atoms with Gasteiger partial charge in [0.05, 0.1) is 5.71 Å². The molecule has 1 saturated carbocycles. The van der Waals surface area contributed by atoms with E-state index in [1.54, 1.807) is 12.3 Å². The van der Waals surface area contributed by atoms with Crippen LogP contribution in [-0.4, -0.2) is 41.1 Å². The maximum absolute atomic E-state index is 8.52. The Labute approximate surface area is 160 Å². The van der Waals surface area contributed by atoms with Crippen molar-refractivity contribution in [2.45, 2.75) is 51.6 Å². The second kappa shape index (κ2) is 6.96. The van der Waals surface area contributed by atoms with Crippen LogP contribution < -0.4 is 16.8 Å². The van der Waals surface area contributed by atoms with Gasteiger partial charge in [-0.25, -0.2) is 4.98 Å². The Morgan fingerprint density at radius 2 is 1.93 bits per heavy atom. The molecule has 0 amide bonds. The highest BCUT2D eigenvalue weighted by atomic mass is 15.3. The summed E-state index contributed by atoms with van der Waals surface area (Å²) >= 11 is 0. The molecule has 0 bridgehead atoms. The molecule has 2 fully saturated rings. The van der Waals surface area contributed by atoms with Gasteiger partial charge in [0.2, 0.25) is 0 Å². The van der Waals surface area contributed by atoms with E-state index in [2.05, 4.69) is 20.2 Å². The minimum absolute atomic E-state index is 0.00362. The average Bonchev–Trinajstić information content (AvgIpc) is 3.12. The van der Waals surface area contributed by atoms with Gasteiger partial charge in [0.1, 0.15) is 23.5 Å². The molecule has 7 heteroatoms. The molecule has 1 spiro atoms. The number of aliphatic imine (C=N–C) groups is 1. The standard InChI is InChI=1S/C20H29N7/c1-13-11-24-15(21)10-14(13)17(22)18-19(23)26-16(12-25-18)27-8-6-20(7-9-27)4-2-3-5-20/h10-12,16,22,26H,2-9,23H2,1H3,(H2,21,24). The predicted molar refractivity (Wildman–Crippen MR) is 109 cm³/mol. The lowest BCUT2D eigenvalue weighted by Gasteiger charge is -2.42. The van der Waals surface area contributed by atoms with Crippen LogP contribution >= 0.6 is 0 Å². The van der Waals surface area contributed by atoms with Gasteiger partial charge in [-0.2, -0.15) is 0 Å². The van der Waals surface area contributed by atoms with Gasteiger partial charge >= 0.3 is 0 Å². The molecule has 2 aliphatic heterocycles. The summed E-state index contributed by atoms with van der Waals surface area (Å²) in [6.07, 6.45) is 11.7. The van der Waals surface area contributed by atoms with Gasteiger partial charge in [0.25, 0.3) is 0 Å². The quantitative estimate of drug-likeness (QED) is 0.611. The van der Waals surface area contributed by atoms with Crippen molar-refractivity contribution in [2.75, 3.05) is 18.8 Å². The maximum atomic E-state index is 8.52. The average molecular weight is 368 g/mol. The van der Waals surface area contributed by atoms with E-state index in [4.69, 9.17) is 16.9 Å². The van der Waals surface area contributed by atoms with Crippen LogP contribution in [0.2, 0.25) is 0 Å². The van der Waals surface area contributed by atoms with Crippen molar-refractivity contribution in [3.8, 4) is 0 Å². The van der Waals surface area contributed by atoms with Gasteiger partial charge in [-0.05, 0) is 49.7 Å². The summed E-state index contributed by atoms with van der Waals surface area (Å²) in [5, 5.41) is 11.9. The number of likely N-dealkylation sites (tertiary alicyclic amines) is 1. The Hall–Kier alpha value is -2.41. The topological polar surface area (TPSA) is 116 Å². The van der Waals surface area contributed by atoms with E-state index in [0.29, 0.717) is 28.3 Å². The van der Waals surface area contributed by atoms with Crippen molar-refractivity contribution in [3.63, 3.8) is 0 Å². The lowest BCUT2D eigenvalue weighted by molar-refractivity contribution is 0.0891. The van der Waals surface area contributed by atoms with Gasteiger partial charge < -0.3 is 16.8 Å². The lowest BCUT2D eigenvalue weighted by Crippen LogP contribution is -2.53. The SMILES string of the molecule is Cc1cnc(N)cc1C(=N)C1=C(N)NC(N2CCC3(CCCC3)CC2)C=N1. The summed E-state index contributed by atoms with van der Waals surface area (Å²) in [4.78, 5) is 11.0. The highest BCUT2D eigenvalue weighted by Crippen LogP contribution is 2.46. The summed E-state index contributed by atoms with van der Waals surface area (Å²) in [5.74, 6) is 0.836. The van der Waals surface area contributed by atoms with Crippen molar-refractivity contribution >= 4 is 17.7 Å². The minimum atomic E-state index is 0.00362. The second-order valence-corrected chi connectivity index (χ2v) is 8.17. The fourth-order valence-corrected chi connectivity index (χ4v) is 4.70. The van der Waals surface area contributed by atoms with Crippen molar-refractivity contribution in [2.24, 2.45) is 16.1 Å². The Balaban J connectivity index is 1.44. The van der Waals surface area contributed by atoms with E-state index < -0.39 is 0 Å². The van der Waals surface area contributed by atoms with Crippen LogP contribution in [-0.2, 0) is 0 Å². The molecule has 0 radical (unpaired) electrons. The number of nitrogen functional groups attached to an aromatic ring is 1. The molecule has 1 aromatic heterocycles. The molecule has 7 nitrogen and oxygen atoms in total. The third-order valence-electron chi connectivity index (χ3n) is 6.45. The number of anilines is 1. The molecule has 27 heavy (non-hydrogen) atoms. The molecule has 1 aromatic rings. The van der Waals surface area contributed by atoms with Crippen LogP contribution in [0.15, 0.2) is 28.8 Å². The Kier molecular flexibility index (Phi) is 4.63. The summed E-state index contributed by atoms with van der Waals surface area (Å²) in [5.41, 5.74) is 15.0. The third-order valence-corrected chi connectivity index (χ3v) is 6.45. The predicted octanol–water partition coefficient (Wildman–Crippen LogP) is 2.12. The monoisotopic (exact) mass is 367 g/mol. The van der Waals surface area contributed by atoms with Gasteiger partial charge in [-0.15, -0.1) is 0 Å². The number of aromatic nitrogens is 1. The molecular formula is C20H29N7. The molecule has 1 unspecified atom stereocenters. The van der Waals surface area contributed by atoms with E-state index in [-0.39, 0.29) is 11.9 Å². The van der Waals surface area contributed by atoms with Crippen molar-refractivity contribution in [1.29, 1.82) is 5.41 Å². The first-order chi connectivity index (χ1) is 13.0. The van der Waals surface area contributed by atoms with Crippen LogP contribution in [0.5, 0.6) is 0 Å². The van der Waals surface area contributed by atoms with Crippen molar-refractivity contribution < 1.29 is 0 Å². The molecule has 3 aliphatic rings. The van der Waals surface area contributed by atoms with Gasteiger partial charge in [0, 0.05) is 31.1 Å². The number of allylic oxidation sites excluding steroid dienone is 1. The summed E-state index contributed by atoms with van der Waals surface area (Å²) in [6.45, 7) is 4.05. The van der Waals surface area contributed by atoms with Gasteiger partial charge in [-0.1, -0.05) is 12.8 Å². The number of rotatable bonds is 3. The number of hydrogen-bond donors (Lipinski definition) is 4. The van der Waals surface area contributed by atoms with Crippen molar-refractivity contribution in [1.82, 2.24) is 15.2 Å². The molecule has 1 atom stereocenters. The Morgan fingerprint density at radius 1 is 1.22 bits per heavy atom. The number of nitrogens with two attached hydrogens (primary N) is 2. The number of hydrogen-bond acceptors (Lipinski definition) is 7. The number of pyridine rings is 1. The molecule has 3 heterocycles. The van der Waals surface area contributed by atoms with Crippen LogP contribution in [0.25, 0.3) is 0 Å². The van der Waals surface area contributed by atoms with Crippen molar-refractivity contribution in [3.05, 3.63) is 34.9 Å². The molecule has 144 valence electrons. The third kappa shape index (κ3) is 3.43. The smallest absolute Gasteiger partial charge is 0.128 e. The highest BCUT2D eigenvalue weighted by Gasteiger charge is 2.38. The first-order valence-electron chi connectivity index (χ1n) is 9.83. The summed E-state index contributed by atoms with van der Waals surface area (Å²) in [7, 11) is 0. The zero-order valence-corrected chi connectivity index (χ0v) is 16.0. The molecule has 0 aromatic carbocycles. The van der Waals surface area contributed by atoms with E-state index in [1.807, 2.05) is 13.1 Å². The van der Waals surface area contributed by atoms with Gasteiger partial charge in [-0.3, -0.25) is 15.3 Å². The summed E-state index contributed by atoms with van der Waals surface area (Å²) in [6, 6.07) is 1.70. The van der Waals surface area contributed by atoms with Crippen LogP contribution in [0, 0.1) is 17.7 Å². The first kappa shape index (κ1) is 18.0. The molecule has 6 N–H and O–H groups in total. The minimum Gasteiger partial charge on any atom is -0.384 e. The number of piperidine rings is 1. The first-order valence-corrected chi connectivity index (χ1v) is 9.83. The molecule has 1 saturated heterocycles. The fraction of sp³-hybridized carbons (Fsp3) is 0.550. The maximum Gasteiger partial charge on any atom is 0.128 e. The largest absolute Gasteiger partial charge is 0.384 e. The van der Waals surface area contributed by atoms with E-state index in [1.165, 1.54) is 38.5 Å². The summed E-state index contributed by atoms with van der Waals surface area (Å²) < 4.78 is 0. The van der Waals surface area contributed by atoms with E-state index in [9.17, 15) is 0 Å². The molecule has 1 aliphatic carbocycles. The van der Waals surface area contributed by atoms with E-state index in [0.717, 1.165) is 18.7 Å².